The van der Waals surface area contributed by atoms with E-state index in [9.17, 15) is 13.2 Å². The summed E-state index contributed by atoms with van der Waals surface area (Å²) in [6.07, 6.45) is -2.51. The van der Waals surface area contributed by atoms with Crippen LogP contribution in [0.3, 0.4) is 0 Å². The summed E-state index contributed by atoms with van der Waals surface area (Å²) in [7, 11) is 1.62. The Morgan fingerprint density at radius 1 is 1.03 bits per heavy atom. The standard InChI is InChI=1S/C22H29F3N6.HI/c1-3-30-9-11-31(12-10-30)20-8-7-18(15-27-20)16-29-21(26-2)28-14-17-5-4-6-19(13-17)22(23,24)25;/h4-8,13,15H,3,9-12,14,16H2,1-2H3,(H2,26,28,29);1H. The zero-order valence-corrected chi connectivity index (χ0v) is 20.7. The van der Waals surface area contributed by atoms with Crippen LogP contribution in [0.2, 0.25) is 0 Å². The molecule has 1 saturated heterocycles. The van der Waals surface area contributed by atoms with Gasteiger partial charge in [-0.25, -0.2) is 4.98 Å². The lowest BCUT2D eigenvalue weighted by Crippen LogP contribution is -2.46. The highest BCUT2D eigenvalue weighted by Crippen LogP contribution is 2.29. The van der Waals surface area contributed by atoms with Crippen molar-refractivity contribution < 1.29 is 13.2 Å². The largest absolute Gasteiger partial charge is 0.416 e. The molecule has 0 aliphatic carbocycles. The van der Waals surface area contributed by atoms with Crippen LogP contribution in [-0.2, 0) is 19.3 Å². The van der Waals surface area contributed by atoms with Crippen molar-refractivity contribution in [3.8, 4) is 0 Å². The highest BCUT2D eigenvalue weighted by atomic mass is 127. The molecule has 0 radical (unpaired) electrons. The lowest BCUT2D eigenvalue weighted by molar-refractivity contribution is -0.137. The van der Waals surface area contributed by atoms with Crippen LogP contribution in [0, 0.1) is 0 Å². The van der Waals surface area contributed by atoms with Gasteiger partial charge in [0.15, 0.2) is 5.96 Å². The number of pyridine rings is 1. The highest BCUT2D eigenvalue weighted by molar-refractivity contribution is 14.0. The summed E-state index contributed by atoms with van der Waals surface area (Å²) in [6, 6.07) is 9.32. The van der Waals surface area contributed by atoms with E-state index in [2.05, 4.69) is 37.3 Å². The molecule has 176 valence electrons. The molecule has 0 spiro atoms. The summed E-state index contributed by atoms with van der Waals surface area (Å²) in [5, 5.41) is 6.22. The van der Waals surface area contributed by atoms with Crippen LogP contribution in [0.5, 0.6) is 0 Å². The number of benzene rings is 1. The molecular formula is C22H30F3IN6. The second-order valence-corrected chi connectivity index (χ2v) is 7.42. The van der Waals surface area contributed by atoms with Gasteiger partial charge in [0.2, 0.25) is 0 Å². The van der Waals surface area contributed by atoms with Crippen LogP contribution in [0.25, 0.3) is 0 Å². The summed E-state index contributed by atoms with van der Waals surface area (Å²) in [4.78, 5) is 13.4. The van der Waals surface area contributed by atoms with Crippen molar-refractivity contribution in [2.75, 3.05) is 44.7 Å². The van der Waals surface area contributed by atoms with Crippen molar-refractivity contribution in [3.05, 3.63) is 59.3 Å². The van der Waals surface area contributed by atoms with Crippen LogP contribution < -0.4 is 15.5 Å². The molecule has 3 rings (SSSR count). The minimum absolute atomic E-state index is 0. The van der Waals surface area contributed by atoms with Gasteiger partial charge >= 0.3 is 6.18 Å². The zero-order chi connectivity index (χ0) is 22.3. The minimum Gasteiger partial charge on any atom is -0.354 e. The van der Waals surface area contributed by atoms with E-state index in [-0.39, 0.29) is 30.5 Å². The molecule has 0 bridgehead atoms. The first-order chi connectivity index (χ1) is 14.9. The summed E-state index contributed by atoms with van der Waals surface area (Å²) < 4.78 is 38.6. The van der Waals surface area contributed by atoms with E-state index >= 15 is 0 Å². The second-order valence-electron chi connectivity index (χ2n) is 7.42. The van der Waals surface area contributed by atoms with E-state index in [1.165, 1.54) is 6.07 Å². The number of nitrogens with one attached hydrogen (secondary N) is 2. The van der Waals surface area contributed by atoms with E-state index < -0.39 is 11.7 Å². The number of halogens is 4. The molecule has 10 heteroatoms. The van der Waals surface area contributed by atoms with E-state index in [1.807, 2.05) is 18.3 Å². The summed E-state index contributed by atoms with van der Waals surface area (Å²) in [6.45, 7) is 8.07. The van der Waals surface area contributed by atoms with Crippen LogP contribution >= 0.6 is 24.0 Å². The van der Waals surface area contributed by atoms with Crippen molar-refractivity contribution in [1.82, 2.24) is 20.5 Å². The van der Waals surface area contributed by atoms with Gasteiger partial charge in [-0.15, -0.1) is 24.0 Å². The Labute approximate surface area is 204 Å². The van der Waals surface area contributed by atoms with E-state index in [1.54, 1.807) is 13.1 Å². The number of aromatic nitrogens is 1. The molecule has 1 aromatic heterocycles. The maximum absolute atomic E-state index is 12.9. The number of guanidine groups is 1. The number of nitrogens with zero attached hydrogens (tertiary/aromatic N) is 4. The van der Waals surface area contributed by atoms with Gasteiger partial charge in [-0.1, -0.05) is 25.1 Å². The van der Waals surface area contributed by atoms with Crippen molar-refractivity contribution >= 4 is 35.8 Å². The Hall–Kier alpha value is -2.08. The fraction of sp³-hybridized carbons (Fsp3) is 0.455. The number of piperazine rings is 1. The molecule has 0 unspecified atom stereocenters. The third kappa shape index (κ3) is 7.51. The van der Waals surface area contributed by atoms with Gasteiger partial charge in [0.05, 0.1) is 5.56 Å². The number of hydrogen-bond acceptors (Lipinski definition) is 4. The average molecular weight is 562 g/mol. The first kappa shape index (κ1) is 26.2. The molecule has 1 aliphatic heterocycles. The third-order valence-electron chi connectivity index (χ3n) is 5.35. The predicted molar refractivity (Wildman–Crippen MR) is 132 cm³/mol. The van der Waals surface area contributed by atoms with Crippen molar-refractivity contribution in [2.24, 2.45) is 4.99 Å². The SMILES string of the molecule is CCN1CCN(c2ccc(CNC(=NC)NCc3cccc(C(F)(F)F)c3)cn2)CC1.I. The Bertz CT molecular complexity index is 865. The van der Waals surface area contributed by atoms with Crippen molar-refractivity contribution in [3.63, 3.8) is 0 Å². The van der Waals surface area contributed by atoms with Gasteiger partial charge in [-0.3, -0.25) is 4.99 Å². The Morgan fingerprint density at radius 3 is 2.28 bits per heavy atom. The molecule has 2 heterocycles. The smallest absolute Gasteiger partial charge is 0.354 e. The molecule has 1 fully saturated rings. The average Bonchev–Trinajstić information content (AvgIpc) is 2.79. The lowest BCUT2D eigenvalue weighted by atomic mass is 10.1. The summed E-state index contributed by atoms with van der Waals surface area (Å²) in [5.41, 5.74) is 0.877. The molecule has 0 saturated carbocycles. The highest BCUT2D eigenvalue weighted by Gasteiger charge is 2.30. The van der Waals surface area contributed by atoms with Gasteiger partial charge in [-0.05, 0) is 35.9 Å². The Balaban J connectivity index is 0.00000363. The number of aliphatic imine (C=N–C) groups is 1. The molecule has 32 heavy (non-hydrogen) atoms. The molecule has 1 aromatic carbocycles. The Kier molecular flexibility index (Phi) is 10.0. The van der Waals surface area contributed by atoms with Gasteiger partial charge in [0, 0.05) is 52.5 Å². The quantitative estimate of drug-likeness (QED) is 0.320. The second kappa shape index (κ2) is 12.2. The van der Waals surface area contributed by atoms with E-state index in [0.29, 0.717) is 18.1 Å². The maximum atomic E-state index is 12.9. The van der Waals surface area contributed by atoms with E-state index in [0.717, 1.165) is 56.2 Å². The van der Waals surface area contributed by atoms with Gasteiger partial charge in [-0.2, -0.15) is 13.2 Å². The van der Waals surface area contributed by atoms with Gasteiger partial charge in [0.25, 0.3) is 0 Å². The van der Waals surface area contributed by atoms with Crippen LogP contribution in [0.1, 0.15) is 23.6 Å². The summed E-state index contributed by atoms with van der Waals surface area (Å²) >= 11 is 0. The zero-order valence-electron chi connectivity index (χ0n) is 18.3. The first-order valence-electron chi connectivity index (χ1n) is 10.4. The molecule has 2 aromatic rings. The molecule has 2 N–H and O–H groups in total. The van der Waals surface area contributed by atoms with Crippen molar-refractivity contribution in [1.29, 1.82) is 0 Å². The molecular weight excluding hydrogens is 532 g/mol. The fourth-order valence-corrected chi connectivity index (χ4v) is 3.45. The Morgan fingerprint density at radius 2 is 1.72 bits per heavy atom. The van der Waals surface area contributed by atoms with Crippen LogP contribution in [0.15, 0.2) is 47.6 Å². The van der Waals surface area contributed by atoms with Crippen LogP contribution in [-0.4, -0.2) is 55.6 Å². The lowest BCUT2D eigenvalue weighted by Gasteiger charge is -2.34. The van der Waals surface area contributed by atoms with Crippen molar-refractivity contribution in [2.45, 2.75) is 26.2 Å². The number of anilines is 1. The summed E-state index contributed by atoms with van der Waals surface area (Å²) in [5.74, 6) is 1.49. The first-order valence-corrected chi connectivity index (χ1v) is 10.4. The molecule has 6 nitrogen and oxygen atoms in total. The van der Waals surface area contributed by atoms with Gasteiger partial charge in [0.1, 0.15) is 5.82 Å². The minimum atomic E-state index is -4.35. The molecule has 0 amide bonds. The normalized spacial score (nSPS) is 15.3. The predicted octanol–water partition coefficient (Wildman–Crippen LogP) is 3.73. The van der Waals surface area contributed by atoms with Gasteiger partial charge < -0.3 is 20.4 Å². The number of rotatable bonds is 6. The maximum Gasteiger partial charge on any atom is 0.416 e. The van der Waals surface area contributed by atoms with Crippen LogP contribution in [0.4, 0.5) is 19.0 Å². The van der Waals surface area contributed by atoms with E-state index in [4.69, 9.17) is 0 Å². The topological polar surface area (TPSA) is 55.8 Å². The fourth-order valence-electron chi connectivity index (χ4n) is 3.45. The number of hydrogen-bond donors (Lipinski definition) is 2. The monoisotopic (exact) mass is 562 g/mol. The number of likely N-dealkylation sites (N-methyl/N-ethyl adjacent to an activating group) is 1. The third-order valence-corrected chi connectivity index (χ3v) is 5.35. The number of alkyl halides is 3. The molecule has 1 aliphatic rings. The molecule has 0 atom stereocenters.